The molecule has 106 valence electrons. The van der Waals surface area contributed by atoms with Crippen LogP contribution in [0.2, 0.25) is 0 Å². The van der Waals surface area contributed by atoms with Crippen LogP contribution in [-0.4, -0.2) is 44.4 Å². The Balaban J connectivity index is 2.08. The van der Waals surface area contributed by atoms with Crippen LogP contribution in [0.4, 0.5) is 0 Å². The smallest absolute Gasteiger partial charge is 0.218 e. The van der Waals surface area contributed by atoms with Crippen molar-refractivity contribution < 1.29 is 8.42 Å². The molecule has 19 heavy (non-hydrogen) atoms. The van der Waals surface area contributed by atoms with Gasteiger partial charge in [-0.1, -0.05) is 24.3 Å². The molecule has 4 nitrogen and oxygen atoms in total. The molecule has 0 saturated carbocycles. The highest BCUT2D eigenvalue weighted by atomic mass is 32.2. The Morgan fingerprint density at radius 1 is 1.26 bits per heavy atom. The number of benzene rings is 1. The summed E-state index contributed by atoms with van der Waals surface area (Å²) >= 11 is 1.82. The first kappa shape index (κ1) is 14.8. The quantitative estimate of drug-likeness (QED) is 0.890. The number of hydrogen-bond donors (Lipinski definition) is 1. The largest absolute Gasteiger partial charge is 0.316 e. The zero-order valence-corrected chi connectivity index (χ0v) is 12.8. The average Bonchev–Trinajstić information content (AvgIpc) is 2.40. The molecule has 1 aliphatic rings. The van der Waals surface area contributed by atoms with Crippen LogP contribution < -0.4 is 5.32 Å². The third-order valence-electron chi connectivity index (χ3n) is 3.08. The SMILES string of the molecule is CNCc1cccc(CS(=O)(=O)N2CCSCC2)c1. The Hall–Kier alpha value is -0.560. The van der Waals surface area contributed by atoms with Crippen LogP contribution in [0.5, 0.6) is 0 Å². The Labute approximate surface area is 119 Å². The fourth-order valence-corrected chi connectivity index (χ4v) is 4.82. The lowest BCUT2D eigenvalue weighted by Crippen LogP contribution is -2.38. The standard InChI is InChI=1S/C13H20N2O2S2/c1-14-10-12-3-2-4-13(9-12)11-19(16,17)15-5-7-18-8-6-15/h2-4,9,14H,5-8,10-11H2,1H3. The lowest BCUT2D eigenvalue weighted by Gasteiger charge is -2.25. The highest BCUT2D eigenvalue weighted by Gasteiger charge is 2.24. The molecule has 1 fully saturated rings. The van der Waals surface area contributed by atoms with Crippen molar-refractivity contribution in [1.29, 1.82) is 0 Å². The first-order chi connectivity index (χ1) is 9.12. The van der Waals surface area contributed by atoms with E-state index in [0.717, 1.165) is 29.2 Å². The summed E-state index contributed by atoms with van der Waals surface area (Å²) in [4.78, 5) is 0. The van der Waals surface area contributed by atoms with E-state index in [-0.39, 0.29) is 5.75 Å². The Morgan fingerprint density at radius 2 is 1.95 bits per heavy atom. The number of hydrogen-bond acceptors (Lipinski definition) is 4. The molecular weight excluding hydrogens is 280 g/mol. The molecule has 2 rings (SSSR count). The van der Waals surface area contributed by atoms with Crippen molar-refractivity contribution in [2.45, 2.75) is 12.3 Å². The van der Waals surface area contributed by atoms with E-state index in [1.807, 2.05) is 43.1 Å². The van der Waals surface area contributed by atoms with Gasteiger partial charge in [0.2, 0.25) is 10.0 Å². The van der Waals surface area contributed by atoms with E-state index in [4.69, 9.17) is 0 Å². The normalized spacial score (nSPS) is 17.5. The third-order valence-corrected chi connectivity index (χ3v) is 5.88. The fraction of sp³-hybridized carbons (Fsp3) is 0.538. The van der Waals surface area contributed by atoms with Crippen molar-refractivity contribution >= 4 is 21.8 Å². The lowest BCUT2D eigenvalue weighted by atomic mass is 10.1. The van der Waals surface area contributed by atoms with Crippen LogP contribution in [0, 0.1) is 0 Å². The van der Waals surface area contributed by atoms with Crippen molar-refractivity contribution in [3.63, 3.8) is 0 Å². The van der Waals surface area contributed by atoms with E-state index in [2.05, 4.69) is 5.32 Å². The maximum atomic E-state index is 12.3. The molecule has 1 aromatic rings. The average molecular weight is 300 g/mol. The summed E-state index contributed by atoms with van der Waals surface area (Å²) < 4.78 is 26.3. The first-order valence-corrected chi connectivity index (χ1v) is 9.16. The van der Waals surface area contributed by atoms with Gasteiger partial charge in [-0.3, -0.25) is 0 Å². The molecular formula is C13H20N2O2S2. The van der Waals surface area contributed by atoms with E-state index in [1.165, 1.54) is 0 Å². The van der Waals surface area contributed by atoms with Crippen molar-refractivity contribution in [2.75, 3.05) is 31.6 Å². The number of nitrogens with zero attached hydrogens (tertiary/aromatic N) is 1. The molecule has 0 atom stereocenters. The monoisotopic (exact) mass is 300 g/mol. The van der Waals surface area contributed by atoms with E-state index in [1.54, 1.807) is 4.31 Å². The molecule has 1 aromatic carbocycles. The van der Waals surface area contributed by atoms with Gasteiger partial charge in [0.1, 0.15) is 0 Å². The summed E-state index contributed by atoms with van der Waals surface area (Å²) in [6, 6.07) is 7.77. The molecule has 1 aliphatic heterocycles. The van der Waals surface area contributed by atoms with Crippen LogP contribution in [-0.2, 0) is 22.3 Å². The highest BCUT2D eigenvalue weighted by Crippen LogP contribution is 2.17. The van der Waals surface area contributed by atoms with E-state index >= 15 is 0 Å². The molecule has 1 heterocycles. The predicted octanol–water partition coefficient (Wildman–Crippen LogP) is 1.28. The molecule has 6 heteroatoms. The number of nitrogens with one attached hydrogen (secondary N) is 1. The molecule has 0 bridgehead atoms. The van der Waals surface area contributed by atoms with Crippen molar-refractivity contribution in [3.05, 3.63) is 35.4 Å². The summed E-state index contributed by atoms with van der Waals surface area (Å²) in [5.41, 5.74) is 1.98. The summed E-state index contributed by atoms with van der Waals surface area (Å²) in [5.74, 6) is 1.91. The fourth-order valence-electron chi connectivity index (χ4n) is 2.16. The van der Waals surface area contributed by atoms with Crippen LogP contribution in [0.15, 0.2) is 24.3 Å². The first-order valence-electron chi connectivity index (χ1n) is 6.40. The van der Waals surface area contributed by atoms with E-state index < -0.39 is 10.0 Å². The molecule has 1 N–H and O–H groups in total. The van der Waals surface area contributed by atoms with Gasteiger partial charge in [0.05, 0.1) is 5.75 Å². The second-order valence-corrected chi connectivity index (χ2v) is 7.81. The minimum atomic E-state index is -3.17. The number of rotatable bonds is 5. The maximum Gasteiger partial charge on any atom is 0.218 e. The Bertz CT molecular complexity index is 511. The molecule has 1 saturated heterocycles. The van der Waals surface area contributed by atoms with Gasteiger partial charge < -0.3 is 5.32 Å². The summed E-state index contributed by atoms with van der Waals surface area (Å²) in [6.07, 6.45) is 0. The summed E-state index contributed by atoms with van der Waals surface area (Å²) in [7, 11) is -1.28. The van der Waals surface area contributed by atoms with Crippen molar-refractivity contribution in [2.24, 2.45) is 0 Å². The summed E-state index contributed by atoms with van der Waals surface area (Å²) in [6.45, 7) is 2.04. The van der Waals surface area contributed by atoms with E-state index in [0.29, 0.717) is 13.1 Å². The van der Waals surface area contributed by atoms with Crippen LogP contribution in [0.25, 0.3) is 0 Å². The zero-order valence-electron chi connectivity index (χ0n) is 11.1. The maximum absolute atomic E-state index is 12.3. The van der Waals surface area contributed by atoms with Gasteiger partial charge in [0, 0.05) is 31.1 Å². The zero-order chi connectivity index (χ0) is 13.7. The minimum absolute atomic E-state index is 0.106. The Kier molecular flexibility index (Phi) is 5.27. The molecule has 0 unspecified atom stereocenters. The number of sulfonamides is 1. The van der Waals surface area contributed by atoms with Gasteiger partial charge in [0.15, 0.2) is 0 Å². The summed E-state index contributed by atoms with van der Waals surface area (Å²) in [5, 5.41) is 3.07. The topological polar surface area (TPSA) is 49.4 Å². The van der Waals surface area contributed by atoms with Gasteiger partial charge in [-0.05, 0) is 18.2 Å². The van der Waals surface area contributed by atoms with Crippen LogP contribution in [0.3, 0.4) is 0 Å². The van der Waals surface area contributed by atoms with Crippen molar-refractivity contribution in [1.82, 2.24) is 9.62 Å². The molecule has 0 radical (unpaired) electrons. The number of thioether (sulfide) groups is 1. The predicted molar refractivity (Wildman–Crippen MR) is 80.7 cm³/mol. The molecule has 0 aromatic heterocycles. The van der Waals surface area contributed by atoms with Gasteiger partial charge in [-0.15, -0.1) is 0 Å². The van der Waals surface area contributed by atoms with Crippen LogP contribution >= 0.6 is 11.8 Å². The highest BCUT2D eigenvalue weighted by molar-refractivity contribution is 7.99. The third kappa shape index (κ3) is 4.21. The second-order valence-electron chi connectivity index (χ2n) is 4.62. The van der Waals surface area contributed by atoms with Gasteiger partial charge in [-0.25, -0.2) is 8.42 Å². The van der Waals surface area contributed by atoms with Crippen molar-refractivity contribution in [3.8, 4) is 0 Å². The van der Waals surface area contributed by atoms with Gasteiger partial charge >= 0.3 is 0 Å². The second kappa shape index (κ2) is 6.74. The van der Waals surface area contributed by atoms with Gasteiger partial charge in [0.25, 0.3) is 0 Å². The lowest BCUT2D eigenvalue weighted by molar-refractivity contribution is 0.443. The molecule has 0 aliphatic carbocycles. The minimum Gasteiger partial charge on any atom is -0.316 e. The Morgan fingerprint density at radius 3 is 2.63 bits per heavy atom. The van der Waals surface area contributed by atoms with Crippen LogP contribution in [0.1, 0.15) is 11.1 Å². The molecule has 0 amide bonds. The van der Waals surface area contributed by atoms with Gasteiger partial charge in [-0.2, -0.15) is 16.1 Å². The molecule has 0 spiro atoms. The van der Waals surface area contributed by atoms with E-state index in [9.17, 15) is 8.42 Å².